The average Bonchev–Trinajstić information content (AvgIpc) is 3.36. The number of benzene rings is 1. The van der Waals surface area contributed by atoms with E-state index in [4.69, 9.17) is 4.99 Å². The first-order valence-electron chi connectivity index (χ1n) is 10.6. The zero-order valence-corrected chi connectivity index (χ0v) is 17.6. The zero-order chi connectivity index (χ0) is 20.9. The summed E-state index contributed by atoms with van der Waals surface area (Å²) in [5.41, 5.74) is 3.75. The molecule has 1 saturated heterocycles. The minimum atomic E-state index is -0.271. The number of aliphatic imine (C=N–C) groups is 1. The molecule has 1 atom stereocenters. The van der Waals surface area contributed by atoms with E-state index in [1.807, 2.05) is 4.90 Å². The summed E-state index contributed by atoms with van der Waals surface area (Å²) in [5.74, 6) is 0.966. The molecule has 3 aromatic rings. The lowest BCUT2D eigenvalue weighted by atomic mass is 10.1. The molecular weight excluding hydrogens is 379 g/mol. The van der Waals surface area contributed by atoms with Crippen LogP contribution in [-0.4, -0.2) is 48.1 Å². The third kappa shape index (κ3) is 4.40. The van der Waals surface area contributed by atoms with Crippen LogP contribution in [0.15, 0.2) is 47.7 Å². The Morgan fingerprint density at radius 3 is 3.07 bits per heavy atom. The van der Waals surface area contributed by atoms with E-state index in [0.717, 1.165) is 31.9 Å². The molecule has 0 saturated carbocycles. The minimum Gasteiger partial charge on any atom is -0.361 e. The molecule has 1 aliphatic rings. The van der Waals surface area contributed by atoms with Crippen molar-refractivity contribution in [3.05, 3.63) is 59.7 Å². The molecule has 3 N–H and O–H groups in total. The molecule has 0 amide bonds. The number of nitrogens with zero attached hydrogens (tertiary/aromatic N) is 3. The van der Waals surface area contributed by atoms with Gasteiger partial charge < -0.3 is 20.5 Å². The Morgan fingerprint density at radius 2 is 2.23 bits per heavy atom. The SMILES string of the molecule is CCNC(=NCCc1c[nH]c2cccc(C)c12)NC1CCN(c2ncccc2F)C1. The van der Waals surface area contributed by atoms with E-state index >= 15 is 0 Å². The molecule has 1 unspecified atom stereocenters. The highest BCUT2D eigenvalue weighted by Crippen LogP contribution is 2.23. The fourth-order valence-corrected chi connectivity index (χ4v) is 4.13. The number of pyridine rings is 1. The van der Waals surface area contributed by atoms with Crippen molar-refractivity contribution in [3.8, 4) is 0 Å². The maximum Gasteiger partial charge on any atom is 0.191 e. The molecule has 0 aliphatic carbocycles. The summed E-state index contributed by atoms with van der Waals surface area (Å²) in [6.45, 7) is 7.18. The standard InChI is InChI=1S/C23H29FN6/c1-3-25-23(27-12-9-17-14-28-20-8-4-6-16(2)21(17)20)29-18-10-13-30(15-18)22-19(24)7-5-11-26-22/h4-8,11,14,18,28H,3,9-10,12-13,15H2,1-2H3,(H2,25,27,29). The van der Waals surface area contributed by atoms with E-state index in [0.29, 0.717) is 18.9 Å². The number of rotatable bonds is 6. The van der Waals surface area contributed by atoms with Gasteiger partial charge in [0.05, 0.1) is 0 Å². The maximum atomic E-state index is 14.0. The summed E-state index contributed by atoms with van der Waals surface area (Å²) >= 11 is 0. The summed E-state index contributed by atoms with van der Waals surface area (Å²) in [5, 5.41) is 8.13. The van der Waals surface area contributed by atoms with E-state index in [2.05, 4.69) is 58.8 Å². The van der Waals surface area contributed by atoms with Crippen molar-refractivity contribution in [1.82, 2.24) is 20.6 Å². The zero-order valence-electron chi connectivity index (χ0n) is 17.6. The first kappa shape index (κ1) is 20.2. The largest absolute Gasteiger partial charge is 0.361 e. The summed E-state index contributed by atoms with van der Waals surface area (Å²) in [6.07, 6.45) is 5.51. The van der Waals surface area contributed by atoms with Crippen molar-refractivity contribution in [2.75, 3.05) is 31.1 Å². The lowest BCUT2D eigenvalue weighted by Crippen LogP contribution is -2.44. The molecule has 30 heavy (non-hydrogen) atoms. The monoisotopic (exact) mass is 408 g/mol. The van der Waals surface area contributed by atoms with Crippen LogP contribution in [0.3, 0.4) is 0 Å². The van der Waals surface area contributed by atoms with Crippen molar-refractivity contribution in [2.24, 2.45) is 4.99 Å². The van der Waals surface area contributed by atoms with Crippen molar-refractivity contribution in [1.29, 1.82) is 0 Å². The molecule has 1 fully saturated rings. The Hall–Kier alpha value is -3.09. The predicted octanol–water partition coefficient (Wildman–Crippen LogP) is 3.39. The van der Waals surface area contributed by atoms with Gasteiger partial charge in [-0.05, 0) is 56.0 Å². The Kier molecular flexibility index (Phi) is 6.16. The number of aryl methyl sites for hydroxylation is 1. The van der Waals surface area contributed by atoms with Gasteiger partial charge in [0.15, 0.2) is 17.6 Å². The minimum absolute atomic E-state index is 0.208. The van der Waals surface area contributed by atoms with Crippen molar-refractivity contribution in [2.45, 2.75) is 32.7 Å². The average molecular weight is 409 g/mol. The third-order valence-corrected chi connectivity index (χ3v) is 5.56. The van der Waals surface area contributed by atoms with Gasteiger partial charge in [-0.1, -0.05) is 12.1 Å². The van der Waals surface area contributed by atoms with Crippen LogP contribution in [0.1, 0.15) is 24.5 Å². The van der Waals surface area contributed by atoms with Crippen LogP contribution >= 0.6 is 0 Å². The highest BCUT2D eigenvalue weighted by molar-refractivity contribution is 5.86. The van der Waals surface area contributed by atoms with Crippen molar-refractivity contribution in [3.63, 3.8) is 0 Å². The van der Waals surface area contributed by atoms with E-state index in [1.54, 1.807) is 12.3 Å². The topological polar surface area (TPSA) is 68.3 Å². The third-order valence-electron chi connectivity index (χ3n) is 5.56. The van der Waals surface area contributed by atoms with E-state index < -0.39 is 0 Å². The van der Waals surface area contributed by atoms with Crippen LogP contribution in [0, 0.1) is 12.7 Å². The molecule has 1 aliphatic heterocycles. The molecule has 158 valence electrons. The number of halogens is 1. The van der Waals surface area contributed by atoms with Crippen molar-refractivity contribution < 1.29 is 4.39 Å². The lowest BCUT2D eigenvalue weighted by molar-refractivity contribution is 0.612. The molecule has 0 radical (unpaired) electrons. The number of fused-ring (bicyclic) bond motifs is 1. The number of hydrogen-bond donors (Lipinski definition) is 3. The lowest BCUT2D eigenvalue weighted by Gasteiger charge is -2.20. The fourth-order valence-electron chi connectivity index (χ4n) is 4.13. The Morgan fingerprint density at radius 1 is 1.33 bits per heavy atom. The molecular formula is C23H29FN6. The van der Waals surface area contributed by atoms with Crippen LogP contribution in [0.25, 0.3) is 10.9 Å². The quantitative estimate of drug-likeness (QED) is 0.432. The number of H-pyrrole nitrogens is 1. The van der Waals surface area contributed by atoms with Gasteiger partial charge >= 0.3 is 0 Å². The predicted molar refractivity (Wildman–Crippen MR) is 121 cm³/mol. The molecule has 0 spiro atoms. The van der Waals surface area contributed by atoms with Crippen LogP contribution in [0.2, 0.25) is 0 Å². The molecule has 1 aromatic carbocycles. The van der Waals surface area contributed by atoms with Crippen molar-refractivity contribution >= 4 is 22.7 Å². The Bertz CT molecular complexity index is 1030. The van der Waals surface area contributed by atoms with Crippen LogP contribution in [0.4, 0.5) is 10.2 Å². The summed E-state index contributed by atoms with van der Waals surface area (Å²) in [4.78, 5) is 14.3. The molecule has 4 rings (SSSR count). The van der Waals surface area contributed by atoms with Crippen LogP contribution in [-0.2, 0) is 6.42 Å². The summed E-state index contributed by atoms with van der Waals surface area (Å²) in [6, 6.07) is 9.61. The van der Waals surface area contributed by atoms with E-state index in [-0.39, 0.29) is 11.9 Å². The Balaban J connectivity index is 1.38. The smallest absolute Gasteiger partial charge is 0.191 e. The highest BCUT2D eigenvalue weighted by atomic mass is 19.1. The fraction of sp³-hybridized carbons (Fsp3) is 0.391. The maximum absolute atomic E-state index is 14.0. The first-order valence-corrected chi connectivity index (χ1v) is 10.6. The van der Waals surface area contributed by atoms with Gasteiger partial charge in [0.2, 0.25) is 0 Å². The molecule has 3 heterocycles. The number of nitrogens with one attached hydrogen (secondary N) is 3. The van der Waals surface area contributed by atoms with Gasteiger partial charge in [-0.25, -0.2) is 9.37 Å². The molecule has 6 nitrogen and oxygen atoms in total. The van der Waals surface area contributed by atoms with Gasteiger partial charge in [-0.2, -0.15) is 0 Å². The Labute approximate surface area is 176 Å². The van der Waals surface area contributed by atoms with Crippen LogP contribution in [0.5, 0.6) is 0 Å². The number of aromatic amines is 1. The van der Waals surface area contributed by atoms with Gasteiger partial charge in [0.25, 0.3) is 0 Å². The van der Waals surface area contributed by atoms with Gasteiger partial charge in [0.1, 0.15) is 0 Å². The second-order valence-electron chi connectivity index (χ2n) is 7.71. The molecule has 0 bridgehead atoms. The highest BCUT2D eigenvalue weighted by Gasteiger charge is 2.25. The van der Waals surface area contributed by atoms with Gasteiger partial charge in [-0.15, -0.1) is 0 Å². The number of aromatic nitrogens is 2. The van der Waals surface area contributed by atoms with Gasteiger partial charge in [-0.3, -0.25) is 4.99 Å². The first-order chi connectivity index (χ1) is 14.7. The second-order valence-corrected chi connectivity index (χ2v) is 7.71. The normalized spacial score (nSPS) is 17.0. The second kappa shape index (κ2) is 9.15. The summed E-state index contributed by atoms with van der Waals surface area (Å²) in [7, 11) is 0. The summed E-state index contributed by atoms with van der Waals surface area (Å²) < 4.78 is 14.0. The number of hydrogen-bond acceptors (Lipinski definition) is 3. The van der Waals surface area contributed by atoms with E-state index in [9.17, 15) is 4.39 Å². The van der Waals surface area contributed by atoms with Gasteiger partial charge in [0, 0.05) is 55.5 Å². The van der Waals surface area contributed by atoms with Crippen LogP contribution < -0.4 is 15.5 Å². The van der Waals surface area contributed by atoms with E-state index in [1.165, 1.54) is 28.1 Å². The number of anilines is 1. The molecule has 7 heteroatoms. The number of guanidine groups is 1. The molecule has 2 aromatic heterocycles.